The standard InChI is InChI=1S/C26H27FN6O3/c1-17-14-23(31-26(28-17)32-10-12-36-13-11-32)29-20-4-6-21(7-5-20)30-25(35)18-15-24(34)33(16-18)22-8-2-19(27)3-9-22/h2-9,14,18H,10-13,15-16H2,1H3,(H,30,35)(H,28,29,31). The van der Waals surface area contributed by atoms with Crippen LogP contribution in [-0.4, -0.2) is 54.6 Å². The minimum atomic E-state index is -0.483. The van der Waals surface area contributed by atoms with Crippen molar-refractivity contribution >= 4 is 40.6 Å². The summed E-state index contributed by atoms with van der Waals surface area (Å²) in [6, 6.07) is 14.9. The molecule has 2 aliphatic rings. The third kappa shape index (κ3) is 5.44. The number of aromatic nitrogens is 2. The van der Waals surface area contributed by atoms with Gasteiger partial charge in [-0.15, -0.1) is 0 Å². The Morgan fingerprint density at radius 2 is 1.72 bits per heavy atom. The number of hydrogen-bond donors (Lipinski definition) is 2. The maximum Gasteiger partial charge on any atom is 0.229 e. The minimum Gasteiger partial charge on any atom is -0.378 e. The highest BCUT2D eigenvalue weighted by atomic mass is 19.1. The van der Waals surface area contributed by atoms with Crippen LogP contribution in [0.5, 0.6) is 0 Å². The predicted octanol–water partition coefficient (Wildman–Crippen LogP) is 3.50. The van der Waals surface area contributed by atoms with E-state index >= 15 is 0 Å². The van der Waals surface area contributed by atoms with Crippen LogP contribution in [0.15, 0.2) is 54.6 Å². The first-order valence-electron chi connectivity index (χ1n) is 11.9. The van der Waals surface area contributed by atoms with Gasteiger partial charge < -0.3 is 25.2 Å². The quantitative estimate of drug-likeness (QED) is 0.546. The highest BCUT2D eigenvalue weighted by Gasteiger charge is 2.35. The molecule has 1 aromatic heterocycles. The molecule has 2 saturated heterocycles. The lowest BCUT2D eigenvalue weighted by atomic mass is 10.1. The number of carbonyl (C=O) groups is 2. The van der Waals surface area contributed by atoms with E-state index in [0.717, 1.165) is 24.5 Å². The molecule has 186 valence electrons. The topological polar surface area (TPSA) is 99.7 Å². The van der Waals surface area contributed by atoms with Crippen molar-refractivity contribution in [3.8, 4) is 0 Å². The third-order valence-corrected chi connectivity index (χ3v) is 6.20. The van der Waals surface area contributed by atoms with Gasteiger partial charge >= 0.3 is 0 Å². The first-order chi connectivity index (χ1) is 17.4. The molecule has 0 bridgehead atoms. The van der Waals surface area contributed by atoms with E-state index < -0.39 is 5.92 Å². The highest BCUT2D eigenvalue weighted by molar-refractivity contribution is 6.03. The first kappa shape index (κ1) is 23.7. The van der Waals surface area contributed by atoms with Crippen LogP contribution in [0.4, 0.5) is 33.2 Å². The molecule has 2 amide bonds. The van der Waals surface area contributed by atoms with Crippen molar-refractivity contribution in [2.24, 2.45) is 5.92 Å². The smallest absolute Gasteiger partial charge is 0.229 e. The van der Waals surface area contributed by atoms with Gasteiger partial charge in [-0.2, -0.15) is 4.98 Å². The molecule has 0 aliphatic carbocycles. The molecule has 1 atom stereocenters. The van der Waals surface area contributed by atoms with Gasteiger partial charge in [0.05, 0.1) is 19.1 Å². The molecule has 2 fully saturated rings. The van der Waals surface area contributed by atoms with Crippen molar-refractivity contribution in [2.75, 3.05) is 53.3 Å². The molecule has 3 aromatic rings. The SMILES string of the molecule is Cc1cc(Nc2ccc(NC(=O)C3CC(=O)N(c4ccc(F)cc4)C3)cc2)nc(N2CCOCC2)n1. The normalized spacial score (nSPS) is 17.8. The van der Waals surface area contributed by atoms with Gasteiger partial charge in [-0.25, -0.2) is 9.37 Å². The summed E-state index contributed by atoms with van der Waals surface area (Å²) in [5.74, 6) is 0.123. The Bertz CT molecular complexity index is 1250. The van der Waals surface area contributed by atoms with E-state index in [-0.39, 0.29) is 30.6 Å². The Kier molecular flexibility index (Phi) is 6.77. The van der Waals surface area contributed by atoms with E-state index in [1.165, 1.54) is 17.0 Å². The number of anilines is 5. The number of benzene rings is 2. The average Bonchev–Trinajstić information content (AvgIpc) is 3.27. The second-order valence-corrected chi connectivity index (χ2v) is 8.87. The lowest BCUT2D eigenvalue weighted by Crippen LogP contribution is -2.37. The first-order valence-corrected chi connectivity index (χ1v) is 11.9. The van der Waals surface area contributed by atoms with Crippen LogP contribution in [-0.2, 0) is 14.3 Å². The van der Waals surface area contributed by atoms with Crippen LogP contribution in [0.25, 0.3) is 0 Å². The molecule has 9 nitrogen and oxygen atoms in total. The molecular formula is C26H27FN6O3. The number of amides is 2. The fourth-order valence-electron chi connectivity index (χ4n) is 4.30. The van der Waals surface area contributed by atoms with Gasteiger partial charge in [0, 0.05) is 54.9 Å². The third-order valence-electron chi connectivity index (χ3n) is 6.20. The van der Waals surface area contributed by atoms with E-state index in [0.29, 0.717) is 36.4 Å². The van der Waals surface area contributed by atoms with Crippen molar-refractivity contribution < 1.29 is 18.7 Å². The van der Waals surface area contributed by atoms with Crippen molar-refractivity contribution in [3.05, 3.63) is 66.1 Å². The molecule has 5 rings (SSSR count). The Labute approximate surface area is 208 Å². The van der Waals surface area contributed by atoms with E-state index in [4.69, 9.17) is 4.74 Å². The highest BCUT2D eigenvalue weighted by Crippen LogP contribution is 2.27. The molecule has 1 unspecified atom stereocenters. The summed E-state index contributed by atoms with van der Waals surface area (Å²) < 4.78 is 18.6. The largest absolute Gasteiger partial charge is 0.378 e. The number of halogens is 1. The van der Waals surface area contributed by atoms with Crippen LogP contribution in [0.2, 0.25) is 0 Å². The molecule has 36 heavy (non-hydrogen) atoms. The van der Waals surface area contributed by atoms with Crippen molar-refractivity contribution in [3.63, 3.8) is 0 Å². The molecule has 2 aliphatic heterocycles. The zero-order valence-electron chi connectivity index (χ0n) is 19.9. The van der Waals surface area contributed by atoms with Gasteiger partial charge in [0.15, 0.2) is 0 Å². The fraction of sp³-hybridized carbons (Fsp3) is 0.308. The Morgan fingerprint density at radius 1 is 1.03 bits per heavy atom. The molecular weight excluding hydrogens is 463 g/mol. The molecule has 2 N–H and O–H groups in total. The Hall–Kier alpha value is -4.05. The lowest BCUT2D eigenvalue weighted by Gasteiger charge is -2.27. The molecule has 0 spiro atoms. The van der Waals surface area contributed by atoms with Crippen molar-refractivity contribution in [1.29, 1.82) is 0 Å². The summed E-state index contributed by atoms with van der Waals surface area (Å²) >= 11 is 0. The number of aryl methyl sites for hydroxylation is 1. The molecule has 3 heterocycles. The van der Waals surface area contributed by atoms with E-state index in [9.17, 15) is 14.0 Å². The van der Waals surface area contributed by atoms with E-state index in [2.05, 4.69) is 25.5 Å². The monoisotopic (exact) mass is 490 g/mol. The van der Waals surface area contributed by atoms with Gasteiger partial charge in [0.1, 0.15) is 11.6 Å². The summed E-state index contributed by atoms with van der Waals surface area (Å²) in [5.41, 5.74) is 2.89. The van der Waals surface area contributed by atoms with Gasteiger partial charge in [0.2, 0.25) is 17.8 Å². The summed E-state index contributed by atoms with van der Waals surface area (Å²) in [5, 5.41) is 6.18. The average molecular weight is 491 g/mol. The Balaban J connectivity index is 1.20. The summed E-state index contributed by atoms with van der Waals surface area (Å²) in [6.45, 7) is 5.02. The molecule has 2 aromatic carbocycles. The summed E-state index contributed by atoms with van der Waals surface area (Å²) in [6.07, 6.45) is 0.112. The molecule has 0 radical (unpaired) electrons. The van der Waals surface area contributed by atoms with Crippen LogP contribution in [0.1, 0.15) is 12.1 Å². The maximum absolute atomic E-state index is 13.2. The number of ether oxygens (including phenoxy) is 1. The van der Waals surface area contributed by atoms with E-state index in [1.54, 1.807) is 24.3 Å². The predicted molar refractivity (Wildman–Crippen MR) is 135 cm³/mol. The second-order valence-electron chi connectivity index (χ2n) is 8.87. The van der Waals surface area contributed by atoms with Crippen LogP contribution in [0, 0.1) is 18.7 Å². The number of rotatable bonds is 6. The van der Waals surface area contributed by atoms with Gasteiger partial charge in [-0.1, -0.05) is 0 Å². The van der Waals surface area contributed by atoms with Gasteiger partial charge in [-0.05, 0) is 55.5 Å². The minimum absolute atomic E-state index is 0.112. The van der Waals surface area contributed by atoms with Crippen LogP contribution >= 0.6 is 0 Å². The molecule has 10 heteroatoms. The van der Waals surface area contributed by atoms with Crippen molar-refractivity contribution in [2.45, 2.75) is 13.3 Å². The number of morpholine rings is 1. The second kappa shape index (κ2) is 10.3. The van der Waals surface area contributed by atoms with Gasteiger partial charge in [-0.3, -0.25) is 9.59 Å². The zero-order valence-corrected chi connectivity index (χ0v) is 19.9. The molecule has 0 saturated carbocycles. The fourth-order valence-corrected chi connectivity index (χ4v) is 4.30. The summed E-state index contributed by atoms with van der Waals surface area (Å²) in [7, 11) is 0. The van der Waals surface area contributed by atoms with Gasteiger partial charge in [0.25, 0.3) is 0 Å². The number of nitrogens with one attached hydrogen (secondary N) is 2. The van der Waals surface area contributed by atoms with E-state index in [1.807, 2.05) is 25.1 Å². The number of carbonyl (C=O) groups excluding carboxylic acids is 2. The number of nitrogens with zero attached hydrogens (tertiary/aromatic N) is 4. The number of hydrogen-bond acceptors (Lipinski definition) is 7. The lowest BCUT2D eigenvalue weighted by molar-refractivity contribution is -0.122. The Morgan fingerprint density at radius 3 is 2.44 bits per heavy atom. The summed E-state index contributed by atoms with van der Waals surface area (Å²) in [4.78, 5) is 38.0. The van der Waals surface area contributed by atoms with Crippen molar-refractivity contribution in [1.82, 2.24) is 9.97 Å². The van der Waals surface area contributed by atoms with Crippen LogP contribution in [0.3, 0.4) is 0 Å². The van der Waals surface area contributed by atoms with Crippen LogP contribution < -0.4 is 20.4 Å². The zero-order chi connectivity index (χ0) is 25.1. The maximum atomic E-state index is 13.2.